The van der Waals surface area contributed by atoms with Crippen LogP contribution in [0.5, 0.6) is 5.75 Å². The molecule has 3 amide bonds. The smallest absolute Gasteiger partial charge is 0.748 e. The maximum absolute atomic E-state index is 15.0. The van der Waals surface area contributed by atoms with Gasteiger partial charge in [0.1, 0.15) is 46.9 Å². The Kier molecular flexibility index (Phi) is 51.8. The van der Waals surface area contributed by atoms with Crippen LogP contribution in [0.3, 0.4) is 0 Å². The van der Waals surface area contributed by atoms with E-state index in [4.69, 9.17) is 51.5 Å². The van der Waals surface area contributed by atoms with Crippen molar-refractivity contribution in [3.8, 4) is 16.9 Å². The number of aryl methyl sites for hydroxylation is 3. The Morgan fingerprint density at radius 2 is 1.26 bits per heavy atom. The third-order valence-electron chi connectivity index (χ3n) is 24.9. The topological polar surface area (TPSA) is 444 Å². The number of nitrogens with zero attached hydrogens (tertiary/aromatic N) is 5. The number of aromatic nitrogens is 2. The Morgan fingerprint density at radius 1 is 0.653 bits per heavy atom. The van der Waals surface area contributed by atoms with Gasteiger partial charge in [-0.05, 0) is 153 Å². The Morgan fingerprint density at radius 3 is 1.90 bits per heavy atom. The fourth-order valence-corrected chi connectivity index (χ4v) is 19.7. The van der Waals surface area contributed by atoms with E-state index in [1.165, 1.54) is 10.6 Å². The summed E-state index contributed by atoms with van der Waals surface area (Å²) in [6, 6.07) is 41.6. The summed E-state index contributed by atoms with van der Waals surface area (Å²) >= 11 is 1.01. The molecule has 6 aromatic carbocycles. The largest absolute Gasteiger partial charge is 1.00 e. The minimum Gasteiger partial charge on any atom is -0.748 e. The van der Waals surface area contributed by atoms with Gasteiger partial charge in [-0.25, -0.2) is 35.0 Å². The number of nitrogens with one attached hydrogen (secondary N) is 1. The Balaban J connectivity index is 0.00000394. The van der Waals surface area contributed by atoms with Gasteiger partial charge in [-0.15, -0.1) is 30.5 Å². The van der Waals surface area contributed by atoms with Crippen LogP contribution in [0, 0.1) is 37.5 Å². The number of hydrogen-bond acceptors (Lipinski definition) is 27. The molecular formula is C103H125F2N7Na3O25S4+. The van der Waals surface area contributed by atoms with E-state index < -0.39 is 118 Å². The molecule has 762 valence electrons. The second-order valence-electron chi connectivity index (χ2n) is 35.8. The number of ketones is 2. The normalized spacial score (nSPS) is 15.8. The van der Waals surface area contributed by atoms with Crippen LogP contribution in [0.2, 0.25) is 0 Å². The Hall–Kier alpha value is -7.98. The fourth-order valence-electron chi connectivity index (χ4n) is 17.4. The van der Waals surface area contributed by atoms with Crippen molar-refractivity contribution in [1.82, 2.24) is 19.4 Å². The molecule has 1 aliphatic carbocycles. The molecule has 4 heterocycles. The van der Waals surface area contributed by atoms with Crippen molar-refractivity contribution < 1.29 is 208 Å². The maximum atomic E-state index is 15.0. The van der Waals surface area contributed by atoms with Crippen molar-refractivity contribution in [3.05, 3.63) is 264 Å². The summed E-state index contributed by atoms with van der Waals surface area (Å²) in [7, 11) is -11.9. The number of hydrogen-bond donors (Lipinski definition) is 3. The van der Waals surface area contributed by atoms with Crippen molar-refractivity contribution >= 4 is 95.0 Å². The van der Waals surface area contributed by atoms with Crippen LogP contribution in [-0.2, 0) is 125 Å². The van der Waals surface area contributed by atoms with Crippen LogP contribution < -0.4 is 121 Å². The van der Waals surface area contributed by atoms with Gasteiger partial charge in [0.05, 0.1) is 123 Å². The Labute approximate surface area is 912 Å². The molecule has 0 spiro atoms. The molecule has 4 aliphatic rings. The molecule has 0 saturated carbocycles. The number of aliphatic carboxylic acids is 1. The Bertz CT molecular complexity index is 6200. The molecule has 3 aliphatic heterocycles. The number of rotatable bonds is 58. The molecule has 1 fully saturated rings. The molecule has 1 saturated heterocycles. The fraction of sp³-hybridized carbons (Fsp3) is 0.466. The molecule has 4 N–H and O–H groups in total. The standard InChI is InChI=1S/C103H127F2N7O22S3.3Na.O3S/c1-71-31-41-90-85(64-71)103(5,6)93(109(90)48-13-15-63-137(125,126)127)43-37-77-24-17-23-76(36-42-92-102(3,4)84-27-10-11-30-89(84)108(92)47-12-14-62-136(122,123)124)97(77)134-82-39-33-73(34-40-82)35-44-94(115)107-46-49-110-95(116)67-91(98(110)117)135-70-79(100(119)120)66-81(114)45-51-129-53-55-131-57-59-133-61-60-132-58-56-130-54-52-128-50-19-26-80(113)38-32-74-20-16-25-78(65-74)96-72(2)111(68-83-86(104)28-18-29-87(83)105)101(121)112(99(96)118)69-88(106)75-21-8-7-9-22-75;;;;1-4(2)3/h7-9,11,16,18,20-22,25,27-31,33-34,36-37,39-43,64-65,79,88,91H,12-15,17,19,23-24,26,32,35,38,44-63,66-70,106H2,1-6H3,(H,107,115)(H,119,120)(H,122,123,124)(H,125,126,127);;;;/q;3*+1;/p-2/t79?,88-,91?;;;;/m0..../s1. The number of likely N-dealkylation sites (tertiary alicyclic amines) is 1. The van der Waals surface area contributed by atoms with E-state index in [-0.39, 0.29) is 220 Å². The monoisotopic (exact) mass is 2090 g/mol. The van der Waals surface area contributed by atoms with Gasteiger partial charge in [0.25, 0.3) is 5.56 Å². The minimum atomic E-state index is -4.39. The number of Topliss-reactive ketones (excluding diaryl/α,β-unsaturated/α-hetero) is 2. The zero-order valence-electron chi connectivity index (χ0n) is 83.4. The first-order valence-electron chi connectivity index (χ1n) is 47.2. The van der Waals surface area contributed by atoms with Crippen LogP contribution in [0.1, 0.15) is 168 Å². The van der Waals surface area contributed by atoms with E-state index in [0.717, 1.165) is 102 Å². The van der Waals surface area contributed by atoms with Crippen molar-refractivity contribution in [2.24, 2.45) is 11.7 Å². The quantitative estimate of drug-likeness (QED) is 0.0123. The van der Waals surface area contributed by atoms with Gasteiger partial charge in [-0.2, -0.15) is 18.2 Å². The number of carbonyl (C=O) groups is 6. The average molecular weight is 2100 g/mol. The number of ether oxygens (including phenoxy) is 7. The number of thioether (sulfide) groups is 1. The molecule has 0 bridgehead atoms. The van der Waals surface area contributed by atoms with Gasteiger partial charge in [0, 0.05) is 134 Å². The molecule has 11 rings (SSSR count). The van der Waals surface area contributed by atoms with Crippen molar-refractivity contribution in [2.75, 3.05) is 128 Å². The van der Waals surface area contributed by atoms with Crippen LogP contribution in [-0.4, -0.2) is 231 Å². The average Bonchev–Trinajstić information content (AvgIpc) is 1.52. The first-order chi connectivity index (χ1) is 67.3. The summed E-state index contributed by atoms with van der Waals surface area (Å²) in [5.74, 6) is -5.37. The van der Waals surface area contributed by atoms with E-state index in [1.807, 2.05) is 61.5 Å². The van der Waals surface area contributed by atoms with Crippen LogP contribution in [0.25, 0.3) is 11.1 Å². The summed E-state index contributed by atoms with van der Waals surface area (Å²) in [5, 5.41) is 12.0. The van der Waals surface area contributed by atoms with Gasteiger partial charge < -0.3 is 63.3 Å². The first kappa shape index (κ1) is 123. The molecule has 0 radical (unpaired) electrons. The predicted octanol–water partition coefficient (Wildman–Crippen LogP) is 2.88. The third kappa shape index (κ3) is 37.6. The van der Waals surface area contributed by atoms with Gasteiger partial charge in [-0.3, -0.25) is 47.6 Å². The summed E-state index contributed by atoms with van der Waals surface area (Å²) in [5.41, 5.74) is 16.1. The van der Waals surface area contributed by atoms with Gasteiger partial charge in [0.15, 0.2) is 5.71 Å². The summed E-state index contributed by atoms with van der Waals surface area (Å²) < 4.78 is 170. The number of fused-ring (bicyclic) bond motifs is 2. The summed E-state index contributed by atoms with van der Waals surface area (Å²) in [4.78, 5) is 110. The van der Waals surface area contributed by atoms with Crippen molar-refractivity contribution in [1.29, 1.82) is 0 Å². The summed E-state index contributed by atoms with van der Waals surface area (Å²) in [6.45, 7) is 15.8. The second-order valence-corrected chi connectivity index (χ2v) is 40.5. The number of imide groups is 1. The van der Waals surface area contributed by atoms with E-state index in [9.17, 15) is 78.2 Å². The van der Waals surface area contributed by atoms with Gasteiger partial charge in [0.2, 0.25) is 17.7 Å². The molecule has 32 nitrogen and oxygen atoms in total. The van der Waals surface area contributed by atoms with Crippen LogP contribution in [0.4, 0.5) is 20.2 Å². The zero-order chi connectivity index (χ0) is 102. The van der Waals surface area contributed by atoms with Crippen molar-refractivity contribution in [3.63, 3.8) is 0 Å². The number of nitrogens with two attached hydrogens (primary N) is 1. The number of carbonyl (C=O) groups excluding carboxylic acids is 5. The molecule has 7 aromatic rings. The molecule has 2 unspecified atom stereocenters. The number of unbranched alkanes of at least 4 members (excludes halogenated alkanes) is 2. The number of anilines is 1. The third-order valence-corrected chi connectivity index (χ3v) is 27.8. The SMILES string of the molecule is Cc1ccc2c(c1)C(C)(C)C(=CC=C1CCCC(C=CC3=[N+](CCCCS(=O)(=O)[O-])c4cc[c-]cc4C3(C)C)=C1Oc1ccc(CCC(=O)NCCN3C(=O)CC(SCC(CC(=O)CCOCCOCCOCCOCCOCCOCCCC(=O)CCc4cccc(-c5c(C)n(Cc6c(F)cccc6F)c(=O)n(C[C@H](N)c6ccccc6)c5=O)c4)C(=O)O)C3=O)cc1)N2CCCCS(=O)(=O)[O-].O=S(=O)=O.[Na+].[Na+].[Na+]. The number of carboxylic acids is 1. The molecule has 144 heavy (non-hydrogen) atoms. The molecule has 41 heteroatoms. The number of allylic oxidation sites excluding steroid dienone is 7. The zero-order valence-corrected chi connectivity index (χ0v) is 92.6. The van der Waals surface area contributed by atoms with Gasteiger partial charge >= 0.3 is 111 Å². The number of amides is 3. The molecule has 3 atom stereocenters. The molecular weight excluding hydrogens is 1970 g/mol. The predicted molar refractivity (Wildman–Crippen MR) is 526 cm³/mol. The van der Waals surface area contributed by atoms with Crippen molar-refractivity contribution in [2.45, 2.75) is 179 Å². The van der Waals surface area contributed by atoms with Gasteiger partial charge in [-0.1, -0.05) is 130 Å². The van der Waals surface area contributed by atoms with E-state index in [2.05, 4.69) is 91.1 Å². The van der Waals surface area contributed by atoms with Crippen LogP contribution >= 0.6 is 11.8 Å². The van der Waals surface area contributed by atoms with E-state index >= 15 is 0 Å². The van der Waals surface area contributed by atoms with Crippen LogP contribution in [0.15, 0.2) is 190 Å². The second kappa shape index (κ2) is 60.6. The number of carboxylic acid groups (broad SMARTS) is 1. The first-order valence-corrected chi connectivity index (χ1v) is 52.4. The number of benzene rings is 6. The number of halogens is 2. The van der Waals surface area contributed by atoms with E-state index in [0.29, 0.717) is 140 Å². The molecule has 1 aromatic heterocycles. The minimum absolute atomic E-state index is 0. The van der Waals surface area contributed by atoms with E-state index in [1.54, 1.807) is 49.4 Å². The summed E-state index contributed by atoms with van der Waals surface area (Å²) in [6.07, 6.45) is 13.3. The maximum Gasteiger partial charge on any atom is 1.00 e.